The number of hydrogen-bond acceptors (Lipinski definition) is 5. The van der Waals surface area contributed by atoms with Crippen molar-refractivity contribution in [3.8, 4) is 5.75 Å². The third-order valence-electron chi connectivity index (χ3n) is 3.15. The zero-order valence-electron chi connectivity index (χ0n) is 12.0. The molecule has 114 valence electrons. The van der Waals surface area contributed by atoms with Crippen molar-refractivity contribution in [3.05, 3.63) is 65.2 Å². The van der Waals surface area contributed by atoms with Crippen LogP contribution < -0.4 is 10.2 Å². The molecule has 0 bridgehead atoms. The van der Waals surface area contributed by atoms with Crippen LogP contribution in [0.3, 0.4) is 0 Å². The molecule has 6 nitrogen and oxygen atoms in total. The fourth-order valence-corrected chi connectivity index (χ4v) is 1.83. The van der Waals surface area contributed by atoms with Gasteiger partial charge in [-0.2, -0.15) is 0 Å². The quantitative estimate of drug-likeness (QED) is 0.342. The molecule has 2 rings (SSSR count). The summed E-state index contributed by atoms with van der Waals surface area (Å²) in [5.74, 6) is 0.135. The van der Waals surface area contributed by atoms with Crippen LogP contribution in [0, 0.1) is 0 Å². The van der Waals surface area contributed by atoms with Crippen LogP contribution in [0.2, 0.25) is 0 Å². The molecule has 0 saturated carbocycles. The summed E-state index contributed by atoms with van der Waals surface area (Å²) >= 11 is 0. The normalized spacial score (nSPS) is 11.1. The van der Waals surface area contributed by atoms with E-state index in [2.05, 4.69) is 5.16 Å². The number of amides is 1. The molecule has 0 unspecified atom stereocenters. The first-order valence-corrected chi connectivity index (χ1v) is 6.59. The van der Waals surface area contributed by atoms with Crippen molar-refractivity contribution in [2.75, 3.05) is 0 Å². The van der Waals surface area contributed by atoms with Crippen LogP contribution in [0.5, 0.6) is 5.75 Å². The number of rotatable bonds is 5. The maximum absolute atomic E-state index is 11.2. The Bertz CT molecular complexity index is 664. The van der Waals surface area contributed by atoms with Gasteiger partial charge in [-0.1, -0.05) is 17.3 Å². The van der Waals surface area contributed by atoms with Gasteiger partial charge in [-0.15, -0.1) is 0 Å². The van der Waals surface area contributed by atoms with Gasteiger partial charge in [0.05, 0.1) is 5.71 Å². The number of oxime groups is 1. The first-order valence-electron chi connectivity index (χ1n) is 6.59. The Morgan fingerprint density at radius 3 is 2.23 bits per heavy atom. The molecule has 6 heteroatoms. The highest BCUT2D eigenvalue weighted by Crippen LogP contribution is 2.15. The molecule has 0 fully saturated rings. The van der Waals surface area contributed by atoms with Gasteiger partial charge < -0.3 is 9.94 Å². The molecule has 0 aromatic heterocycles. The maximum atomic E-state index is 11.2. The Morgan fingerprint density at radius 2 is 1.68 bits per heavy atom. The minimum absolute atomic E-state index is 0.355. The first-order chi connectivity index (χ1) is 10.6. The van der Waals surface area contributed by atoms with Crippen LogP contribution in [0.15, 0.2) is 53.7 Å². The van der Waals surface area contributed by atoms with E-state index in [0.29, 0.717) is 23.6 Å². The Balaban J connectivity index is 1.96. The molecule has 0 atom stereocenters. The van der Waals surface area contributed by atoms with Gasteiger partial charge in [-0.05, 0) is 54.4 Å². The molecule has 0 radical (unpaired) electrons. The molecular formula is C16H16N2O4. The summed E-state index contributed by atoms with van der Waals surface area (Å²) in [5, 5.41) is 20.4. The summed E-state index contributed by atoms with van der Waals surface area (Å²) in [4.78, 5) is 11.2. The number of hydrogen-bond donors (Lipinski definition) is 3. The molecule has 0 spiro atoms. The van der Waals surface area contributed by atoms with Crippen molar-refractivity contribution < 1.29 is 19.9 Å². The predicted molar refractivity (Wildman–Crippen MR) is 80.5 cm³/mol. The Morgan fingerprint density at radius 1 is 1.09 bits per heavy atom. The summed E-state index contributed by atoms with van der Waals surface area (Å²) in [5.41, 5.74) is 4.19. The average molecular weight is 300 g/mol. The van der Waals surface area contributed by atoms with Crippen LogP contribution >= 0.6 is 0 Å². The zero-order chi connectivity index (χ0) is 15.9. The number of carbonyl (C=O) groups is 1. The Labute approximate surface area is 127 Å². The Kier molecular flexibility index (Phi) is 5.11. The lowest BCUT2D eigenvalue weighted by atomic mass is 10.1. The maximum Gasteiger partial charge on any atom is 0.274 e. The monoisotopic (exact) mass is 300 g/mol. The minimum Gasteiger partial charge on any atom is -0.489 e. The lowest BCUT2D eigenvalue weighted by Gasteiger charge is -2.08. The van der Waals surface area contributed by atoms with Gasteiger partial charge in [-0.3, -0.25) is 10.0 Å². The molecule has 0 aliphatic heterocycles. The van der Waals surface area contributed by atoms with Crippen LogP contribution in [-0.2, 0) is 6.61 Å². The summed E-state index contributed by atoms with van der Waals surface area (Å²) in [7, 11) is 0. The van der Waals surface area contributed by atoms with E-state index in [9.17, 15) is 4.79 Å². The third-order valence-corrected chi connectivity index (χ3v) is 3.15. The second kappa shape index (κ2) is 7.24. The number of nitrogens with one attached hydrogen (secondary N) is 1. The topological polar surface area (TPSA) is 91.2 Å². The molecule has 3 N–H and O–H groups in total. The van der Waals surface area contributed by atoms with Gasteiger partial charge in [0, 0.05) is 5.56 Å². The van der Waals surface area contributed by atoms with Crippen molar-refractivity contribution in [2.45, 2.75) is 13.5 Å². The van der Waals surface area contributed by atoms with Crippen LogP contribution in [0.1, 0.15) is 28.4 Å². The minimum atomic E-state index is -0.552. The largest absolute Gasteiger partial charge is 0.489 e. The Hall–Kier alpha value is -2.86. The zero-order valence-corrected chi connectivity index (χ0v) is 12.0. The van der Waals surface area contributed by atoms with Crippen molar-refractivity contribution in [1.29, 1.82) is 0 Å². The number of ether oxygens (including phenoxy) is 1. The number of benzene rings is 2. The molecule has 2 aromatic rings. The fourth-order valence-electron chi connectivity index (χ4n) is 1.83. The lowest BCUT2D eigenvalue weighted by Crippen LogP contribution is -2.18. The first kappa shape index (κ1) is 15.5. The van der Waals surface area contributed by atoms with Crippen molar-refractivity contribution in [1.82, 2.24) is 5.48 Å². The van der Waals surface area contributed by atoms with E-state index >= 15 is 0 Å². The second-order valence-corrected chi connectivity index (χ2v) is 4.64. The van der Waals surface area contributed by atoms with E-state index in [4.69, 9.17) is 15.2 Å². The number of carbonyl (C=O) groups excluding carboxylic acids is 1. The standard InChI is InChI=1S/C16H16N2O4/c1-11(17-20)13-6-8-15(9-7-13)22-10-12-2-4-14(5-3-12)16(19)18-21/h2-9,20-21H,10H2,1H3,(H,18,19). The summed E-state index contributed by atoms with van der Waals surface area (Å²) in [6.07, 6.45) is 0. The van der Waals surface area contributed by atoms with Crippen LogP contribution in [0.25, 0.3) is 0 Å². The fraction of sp³-hybridized carbons (Fsp3) is 0.125. The van der Waals surface area contributed by atoms with E-state index in [1.807, 2.05) is 0 Å². The van der Waals surface area contributed by atoms with E-state index in [1.54, 1.807) is 60.9 Å². The van der Waals surface area contributed by atoms with E-state index in [0.717, 1.165) is 11.1 Å². The van der Waals surface area contributed by atoms with Gasteiger partial charge in [0.2, 0.25) is 0 Å². The van der Waals surface area contributed by atoms with E-state index < -0.39 is 5.91 Å². The van der Waals surface area contributed by atoms with E-state index in [1.165, 1.54) is 0 Å². The molecule has 0 aliphatic carbocycles. The number of nitrogens with zero attached hydrogens (tertiary/aromatic N) is 1. The molecule has 1 amide bonds. The summed E-state index contributed by atoms with van der Waals surface area (Å²) in [6, 6.07) is 13.9. The highest BCUT2D eigenvalue weighted by molar-refractivity contribution is 5.98. The highest BCUT2D eigenvalue weighted by Gasteiger charge is 2.04. The molecule has 0 heterocycles. The van der Waals surface area contributed by atoms with Gasteiger partial charge in [0.25, 0.3) is 5.91 Å². The molecule has 22 heavy (non-hydrogen) atoms. The van der Waals surface area contributed by atoms with Gasteiger partial charge in [-0.25, -0.2) is 5.48 Å². The number of hydroxylamine groups is 1. The van der Waals surface area contributed by atoms with Gasteiger partial charge in [0.1, 0.15) is 12.4 Å². The average Bonchev–Trinajstić information content (AvgIpc) is 2.59. The molecular weight excluding hydrogens is 284 g/mol. The highest BCUT2D eigenvalue weighted by atomic mass is 16.5. The van der Waals surface area contributed by atoms with Crippen molar-refractivity contribution >= 4 is 11.6 Å². The molecule has 0 saturated heterocycles. The third kappa shape index (κ3) is 3.83. The predicted octanol–water partition coefficient (Wildman–Crippen LogP) is 2.58. The molecule has 2 aromatic carbocycles. The van der Waals surface area contributed by atoms with Gasteiger partial charge in [0.15, 0.2) is 0 Å². The summed E-state index contributed by atoms with van der Waals surface area (Å²) < 4.78 is 5.63. The van der Waals surface area contributed by atoms with Crippen LogP contribution in [0.4, 0.5) is 0 Å². The van der Waals surface area contributed by atoms with E-state index in [-0.39, 0.29) is 0 Å². The lowest BCUT2D eigenvalue weighted by molar-refractivity contribution is 0.0706. The SMILES string of the molecule is CC(=NO)c1ccc(OCc2ccc(C(=O)NO)cc2)cc1. The van der Waals surface area contributed by atoms with Crippen LogP contribution in [-0.4, -0.2) is 22.0 Å². The van der Waals surface area contributed by atoms with Crippen molar-refractivity contribution in [2.24, 2.45) is 5.16 Å². The van der Waals surface area contributed by atoms with Crippen molar-refractivity contribution in [3.63, 3.8) is 0 Å². The smallest absolute Gasteiger partial charge is 0.274 e. The second-order valence-electron chi connectivity index (χ2n) is 4.64. The molecule has 0 aliphatic rings. The summed E-state index contributed by atoms with van der Waals surface area (Å²) in [6.45, 7) is 2.06. The van der Waals surface area contributed by atoms with Gasteiger partial charge >= 0.3 is 0 Å².